The van der Waals surface area contributed by atoms with Crippen molar-refractivity contribution in [2.75, 3.05) is 12.3 Å². The van der Waals surface area contributed by atoms with Crippen LogP contribution in [-0.4, -0.2) is 11.7 Å². The average Bonchev–Trinajstić information content (AvgIpc) is 2.15. The maximum atomic E-state index is 8.60. The normalized spacial score (nSPS) is 10.2. The van der Waals surface area contributed by atoms with Crippen LogP contribution in [0.3, 0.4) is 0 Å². The van der Waals surface area contributed by atoms with Crippen molar-refractivity contribution in [3.63, 3.8) is 0 Å². The second-order valence-electron chi connectivity index (χ2n) is 2.54. The molecule has 1 rings (SSSR count). The molecule has 66 valence electrons. The fourth-order valence-corrected chi connectivity index (χ4v) is 0.975. The molecule has 3 N–H and O–H groups in total. The number of aliphatic hydroxyl groups excluding tert-OH is 1. The molecular weight excluding hydrogens is 164 g/mol. The summed E-state index contributed by atoms with van der Waals surface area (Å²) in [5.74, 6) is 0. The van der Waals surface area contributed by atoms with E-state index in [1.165, 1.54) is 0 Å². The van der Waals surface area contributed by atoms with Crippen LogP contribution in [0, 0.1) is 11.3 Å². The Morgan fingerprint density at radius 2 is 2.31 bits per heavy atom. The van der Waals surface area contributed by atoms with Crippen molar-refractivity contribution in [1.29, 1.82) is 5.26 Å². The van der Waals surface area contributed by atoms with E-state index >= 15 is 0 Å². The first-order valence-corrected chi connectivity index (χ1v) is 3.85. The van der Waals surface area contributed by atoms with Crippen molar-refractivity contribution in [2.24, 2.45) is 0 Å². The van der Waals surface area contributed by atoms with Gasteiger partial charge in [0, 0.05) is 0 Å². The third-order valence-electron chi connectivity index (χ3n) is 1.61. The summed E-state index contributed by atoms with van der Waals surface area (Å²) in [6.07, 6.45) is 3.36. The SMILES string of the molecule is N#Cc1ccc(C=CCO)cc1N. The van der Waals surface area contributed by atoms with Crippen molar-refractivity contribution in [1.82, 2.24) is 0 Å². The molecule has 0 heterocycles. The number of hydrogen-bond acceptors (Lipinski definition) is 3. The Kier molecular flexibility index (Phi) is 3.07. The van der Waals surface area contributed by atoms with Gasteiger partial charge in [0.25, 0.3) is 0 Å². The number of aliphatic hydroxyl groups is 1. The van der Waals surface area contributed by atoms with Crippen molar-refractivity contribution >= 4 is 11.8 Å². The van der Waals surface area contributed by atoms with Crippen LogP contribution >= 0.6 is 0 Å². The van der Waals surface area contributed by atoms with Crippen LogP contribution in [0.5, 0.6) is 0 Å². The lowest BCUT2D eigenvalue weighted by Crippen LogP contribution is -1.90. The van der Waals surface area contributed by atoms with E-state index in [9.17, 15) is 0 Å². The Morgan fingerprint density at radius 3 is 2.85 bits per heavy atom. The Bertz CT molecular complexity index is 364. The minimum atomic E-state index is -0.0000931. The fraction of sp³-hybridized carbons (Fsp3) is 0.100. The molecule has 0 amide bonds. The van der Waals surface area contributed by atoms with Crippen LogP contribution in [-0.2, 0) is 0 Å². The van der Waals surface area contributed by atoms with Crippen LogP contribution < -0.4 is 5.73 Å². The van der Waals surface area contributed by atoms with E-state index in [0.717, 1.165) is 5.56 Å². The second-order valence-corrected chi connectivity index (χ2v) is 2.54. The maximum Gasteiger partial charge on any atom is 0.101 e. The predicted octanol–water partition coefficient (Wildman–Crippen LogP) is 1.15. The molecule has 0 aliphatic rings. The van der Waals surface area contributed by atoms with Crippen LogP contribution in [0.15, 0.2) is 24.3 Å². The highest BCUT2D eigenvalue weighted by atomic mass is 16.2. The van der Waals surface area contributed by atoms with E-state index in [0.29, 0.717) is 11.3 Å². The maximum absolute atomic E-state index is 8.60. The molecule has 1 aromatic carbocycles. The first-order valence-electron chi connectivity index (χ1n) is 3.85. The first kappa shape index (κ1) is 9.30. The minimum Gasteiger partial charge on any atom is -0.398 e. The van der Waals surface area contributed by atoms with Gasteiger partial charge in [0.05, 0.1) is 17.9 Å². The molecule has 0 aromatic heterocycles. The van der Waals surface area contributed by atoms with Crippen molar-refractivity contribution in [2.45, 2.75) is 0 Å². The summed E-state index contributed by atoms with van der Waals surface area (Å²) < 4.78 is 0. The Morgan fingerprint density at radius 1 is 1.54 bits per heavy atom. The zero-order chi connectivity index (χ0) is 9.68. The molecule has 3 heteroatoms. The van der Waals surface area contributed by atoms with Crippen molar-refractivity contribution in [3.05, 3.63) is 35.4 Å². The largest absolute Gasteiger partial charge is 0.398 e. The zero-order valence-electron chi connectivity index (χ0n) is 7.07. The van der Waals surface area contributed by atoms with Gasteiger partial charge in [0.1, 0.15) is 6.07 Å². The van der Waals surface area contributed by atoms with Crippen LogP contribution in [0.2, 0.25) is 0 Å². The molecule has 0 radical (unpaired) electrons. The lowest BCUT2D eigenvalue weighted by Gasteiger charge is -1.98. The Balaban J connectivity index is 2.97. The summed E-state index contributed by atoms with van der Waals surface area (Å²) in [6.45, 7) is -0.0000931. The summed E-state index contributed by atoms with van der Waals surface area (Å²) in [5.41, 5.74) is 7.40. The summed E-state index contributed by atoms with van der Waals surface area (Å²) in [6, 6.07) is 7.12. The number of nitrogens with zero attached hydrogens (tertiary/aromatic N) is 1. The number of anilines is 1. The molecule has 0 bridgehead atoms. The van der Waals surface area contributed by atoms with Gasteiger partial charge in [-0.2, -0.15) is 5.26 Å². The van der Waals surface area contributed by atoms with Crippen molar-refractivity contribution < 1.29 is 5.11 Å². The number of nitrogen functional groups attached to an aromatic ring is 1. The molecule has 1 aromatic rings. The molecule has 0 spiro atoms. The molecule has 0 aliphatic heterocycles. The van der Waals surface area contributed by atoms with Crippen LogP contribution in [0.25, 0.3) is 6.08 Å². The summed E-state index contributed by atoms with van der Waals surface area (Å²) in [5, 5.41) is 17.1. The predicted molar refractivity (Wildman–Crippen MR) is 51.7 cm³/mol. The molecule has 0 fully saturated rings. The van der Waals surface area contributed by atoms with Crippen LogP contribution in [0.1, 0.15) is 11.1 Å². The van der Waals surface area contributed by atoms with E-state index in [4.69, 9.17) is 16.1 Å². The highest BCUT2D eigenvalue weighted by molar-refractivity contribution is 5.62. The Labute approximate surface area is 76.7 Å². The first-order chi connectivity index (χ1) is 6.27. The third-order valence-corrected chi connectivity index (χ3v) is 1.61. The van der Waals surface area contributed by atoms with Gasteiger partial charge >= 0.3 is 0 Å². The van der Waals surface area contributed by atoms with Gasteiger partial charge < -0.3 is 10.8 Å². The number of rotatable bonds is 2. The number of hydrogen-bond donors (Lipinski definition) is 2. The molecule has 0 aliphatic carbocycles. The lowest BCUT2D eigenvalue weighted by molar-refractivity contribution is 0.343. The highest BCUT2D eigenvalue weighted by Gasteiger charge is 1.96. The molecule has 0 saturated heterocycles. The summed E-state index contributed by atoms with van der Waals surface area (Å²) in [4.78, 5) is 0. The molecule has 13 heavy (non-hydrogen) atoms. The van der Waals surface area contributed by atoms with E-state index in [1.807, 2.05) is 6.07 Å². The van der Waals surface area contributed by atoms with Gasteiger partial charge in [-0.15, -0.1) is 0 Å². The number of nitriles is 1. The molecule has 0 unspecified atom stereocenters. The quantitative estimate of drug-likeness (QED) is 0.660. The standard InChI is InChI=1S/C10H10N2O/c11-7-9-4-3-8(2-1-5-13)6-10(9)12/h1-4,6,13H,5,12H2. The second kappa shape index (κ2) is 4.29. The van der Waals surface area contributed by atoms with Gasteiger partial charge in [-0.05, 0) is 17.7 Å². The summed E-state index contributed by atoms with van der Waals surface area (Å²) in [7, 11) is 0. The van der Waals surface area contributed by atoms with E-state index in [1.54, 1.807) is 30.4 Å². The average molecular weight is 174 g/mol. The van der Waals surface area contributed by atoms with Gasteiger partial charge in [-0.3, -0.25) is 0 Å². The van der Waals surface area contributed by atoms with Gasteiger partial charge in [-0.25, -0.2) is 0 Å². The molecule has 0 atom stereocenters. The number of nitrogens with two attached hydrogens (primary N) is 1. The van der Waals surface area contributed by atoms with E-state index in [2.05, 4.69) is 0 Å². The topological polar surface area (TPSA) is 70.0 Å². The minimum absolute atomic E-state index is 0.0000931. The smallest absolute Gasteiger partial charge is 0.101 e. The fourth-order valence-electron chi connectivity index (χ4n) is 0.975. The van der Waals surface area contributed by atoms with E-state index in [-0.39, 0.29) is 6.61 Å². The van der Waals surface area contributed by atoms with Crippen LogP contribution in [0.4, 0.5) is 5.69 Å². The molecular formula is C10H10N2O. The van der Waals surface area contributed by atoms with Crippen molar-refractivity contribution in [3.8, 4) is 6.07 Å². The zero-order valence-corrected chi connectivity index (χ0v) is 7.07. The van der Waals surface area contributed by atoms with Gasteiger partial charge in [-0.1, -0.05) is 18.2 Å². The summed E-state index contributed by atoms with van der Waals surface area (Å²) >= 11 is 0. The number of benzene rings is 1. The molecule has 3 nitrogen and oxygen atoms in total. The van der Waals surface area contributed by atoms with E-state index < -0.39 is 0 Å². The highest BCUT2D eigenvalue weighted by Crippen LogP contribution is 2.13. The molecule has 0 saturated carbocycles. The monoisotopic (exact) mass is 174 g/mol. The Hall–Kier alpha value is -1.79. The van der Waals surface area contributed by atoms with Gasteiger partial charge in [0.2, 0.25) is 0 Å². The van der Waals surface area contributed by atoms with Gasteiger partial charge in [0.15, 0.2) is 0 Å². The lowest BCUT2D eigenvalue weighted by atomic mass is 10.1. The third kappa shape index (κ3) is 2.32.